The first-order valence-electron chi connectivity index (χ1n) is 10.3. The number of nitrogens with zero attached hydrogens (tertiary/aromatic N) is 1. The maximum Gasteiger partial charge on any atom is 0.416 e. The van der Waals surface area contributed by atoms with Crippen molar-refractivity contribution in [3.63, 3.8) is 0 Å². The molecule has 2 bridgehead atoms. The van der Waals surface area contributed by atoms with Crippen molar-refractivity contribution < 1.29 is 13.2 Å². The summed E-state index contributed by atoms with van der Waals surface area (Å²) in [7, 11) is 2.14. The first-order valence-corrected chi connectivity index (χ1v) is 10.3. The van der Waals surface area contributed by atoms with Crippen LogP contribution in [0.4, 0.5) is 13.2 Å². The molecule has 154 valence electrons. The third kappa shape index (κ3) is 4.00. The Labute approximate surface area is 171 Å². The van der Waals surface area contributed by atoms with Gasteiger partial charge in [0.2, 0.25) is 0 Å². The number of allylic oxidation sites excluding steroid dienone is 1. The van der Waals surface area contributed by atoms with Gasteiger partial charge in [-0.05, 0) is 66.0 Å². The second-order valence-electron chi connectivity index (χ2n) is 9.27. The Morgan fingerprint density at radius 2 is 1.72 bits per heavy atom. The van der Waals surface area contributed by atoms with E-state index in [1.54, 1.807) is 11.6 Å². The third-order valence-corrected chi connectivity index (χ3v) is 6.96. The number of rotatable bonds is 5. The molecule has 0 N–H and O–H groups in total. The van der Waals surface area contributed by atoms with Crippen molar-refractivity contribution in [3.8, 4) is 11.1 Å². The largest absolute Gasteiger partial charge is 0.416 e. The normalized spacial score (nSPS) is 22.9. The zero-order chi connectivity index (χ0) is 20.8. The molecule has 0 unspecified atom stereocenters. The van der Waals surface area contributed by atoms with Crippen LogP contribution in [0.25, 0.3) is 11.1 Å². The van der Waals surface area contributed by atoms with E-state index in [2.05, 4.69) is 31.9 Å². The van der Waals surface area contributed by atoms with Gasteiger partial charge in [0.05, 0.1) is 5.56 Å². The molecule has 5 rings (SSSR count). The van der Waals surface area contributed by atoms with E-state index in [-0.39, 0.29) is 0 Å². The second-order valence-corrected chi connectivity index (χ2v) is 9.27. The van der Waals surface area contributed by atoms with Gasteiger partial charge in [-0.1, -0.05) is 61.9 Å². The average molecular weight is 400 g/mol. The SMILES string of the molecule is CN(CC1=CC[C@H]2C[C@@H]1C2(C)C)Cc1ccc(-c2cccc(C(F)(F)F)c2)cc1. The molecule has 1 saturated carbocycles. The maximum atomic E-state index is 13.0. The fourth-order valence-corrected chi connectivity index (χ4v) is 5.01. The lowest BCUT2D eigenvalue weighted by Crippen LogP contribution is -2.49. The molecule has 3 aliphatic rings. The van der Waals surface area contributed by atoms with Crippen molar-refractivity contribution in [2.45, 2.75) is 39.4 Å². The quantitative estimate of drug-likeness (QED) is 0.500. The van der Waals surface area contributed by atoms with E-state index in [1.165, 1.54) is 30.5 Å². The van der Waals surface area contributed by atoms with E-state index in [0.717, 1.165) is 30.6 Å². The number of benzene rings is 2. The lowest BCUT2D eigenvalue weighted by molar-refractivity contribution is -0.137. The van der Waals surface area contributed by atoms with Gasteiger partial charge < -0.3 is 0 Å². The highest BCUT2D eigenvalue weighted by Crippen LogP contribution is 2.59. The first kappa shape index (κ1) is 20.2. The minimum atomic E-state index is -4.32. The van der Waals surface area contributed by atoms with Crippen molar-refractivity contribution in [2.24, 2.45) is 17.3 Å². The summed E-state index contributed by atoms with van der Waals surface area (Å²) in [4.78, 5) is 2.33. The number of hydrogen-bond donors (Lipinski definition) is 0. The van der Waals surface area contributed by atoms with Crippen LogP contribution < -0.4 is 0 Å². The van der Waals surface area contributed by atoms with Crippen molar-refractivity contribution in [2.75, 3.05) is 13.6 Å². The summed E-state index contributed by atoms with van der Waals surface area (Å²) in [6, 6.07) is 13.4. The predicted molar refractivity (Wildman–Crippen MR) is 111 cm³/mol. The number of hydrogen-bond acceptors (Lipinski definition) is 1. The van der Waals surface area contributed by atoms with Crippen LogP contribution in [0.3, 0.4) is 0 Å². The van der Waals surface area contributed by atoms with Gasteiger partial charge in [0.15, 0.2) is 0 Å². The van der Waals surface area contributed by atoms with Crippen LogP contribution >= 0.6 is 0 Å². The topological polar surface area (TPSA) is 3.24 Å². The molecule has 4 heteroatoms. The summed E-state index contributed by atoms with van der Waals surface area (Å²) in [5, 5.41) is 0. The van der Waals surface area contributed by atoms with E-state index in [1.807, 2.05) is 24.3 Å². The van der Waals surface area contributed by atoms with Gasteiger partial charge in [-0.2, -0.15) is 13.2 Å². The Morgan fingerprint density at radius 1 is 1.00 bits per heavy atom. The number of alkyl halides is 3. The summed E-state index contributed by atoms with van der Waals surface area (Å²) < 4.78 is 38.9. The van der Waals surface area contributed by atoms with Crippen molar-refractivity contribution in [3.05, 3.63) is 71.3 Å². The van der Waals surface area contributed by atoms with Crippen molar-refractivity contribution in [1.82, 2.24) is 4.90 Å². The molecule has 0 aromatic heterocycles. The Morgan fingerprint density at radius 3 is 2.34 bits per heavy atom. The molecule has 2 aromatic rings. The third-order valence-electron chi connectivity index (χ3n) is 6.96. The highest BCUT2D eigenvalue weighted by Gasteiger charge is 2.50. The molecule has 0 saturated heterocycles. The lowest BCUT2D eigenvalue weighted by atomic mass is 9.49. The van der Waals surface area contributed by atoms with Gasteiger partial charge in [0.25, 0.3) is 0 Å². The summed E-state index contributed by atoms with van der Waals surface area (Å²) in [6.07, 6.45) is 0.662. The standard InChI is InChI=1S/C25H28F3N/c1-24(2)21-12-11-20(23(24)14-21)16-29(3)15-17-7-9-18(10-8-17)19-5-4-6-22(13-19)25(26,27)28/h4-11,13,21,23H,12,14-16H2,1-3H3/t21-,23-/m0/s1. The zero-order valence-corrected chi connectivity index (χ0v) is 17.3. The molecule has 2 aromatic carbocycles. The van der Waals surface area contributed by atoms with Gasteiger partial charge in [0.1, 0.15) is 0 Å². The van der Waals surface area contributed by atoms with E-state index in [4.69, 9.17) is 0 Å². The monoisotopic (exact) mass is 399 g/mol. The van der Waals surface area contributed by atoms with Gasteiger partial charge in [-0.3, -0.25) is 4.90 Å². The molecule has 1 fully saturated rings. The number of likely N-dealkylation sites (N-methyl/N-ethyl adjacent to an activating group) is 1. The van der Waals surface area contributed by atoms with Crippen molar-refractivity contribution in [1.29, 1.82) is 0 Å². The molecule has 0 spiro atoms. The smallest absolute Gasteiger partial charge is 0.298 e. The Balaban J connectivity index is 1.41. The molecule has 0 aliphatic heterocycles. The van der Waals surface area contributed by atoms with E-state index in [9.17, 15) is 13.2 Å². The second kappa shape index (κ2) is 7.32. The summed E-state index contributed by atoms with van der Waals surface area (Å²) in [5.41, 5.74) is 3.97. The van der Waals surface area contributed by atoms with Crippen LogP contribution in [0.2, 0.25) is 0 Å². The van der Waals surface area contributed by atoms with E-state index < -0.39 is 11.7 Å². The maximum absolute atomic E-state index is 13.0. The molecule has 0 radical (unpaired) electrons. The Hall–Kier alpha value is -2.07. The van der Waals surface area contributed by atoms with Crippen LogP contribution in [0.1, 0.15) is 37.8 Å². The molecular weight excluding hydrogens is 371 g/mol. The fraction of sp³-hybridized carbons (Fsp3) is 0.440. The van der Waals surface area contributed by atoms with E-state index in [0.29, 0.717) is 16.9 Å². The fourth-order valence-electron chi connectivity index (χ4n) is 5.01. The van der Waals surface area contributed by atoms with Crippen molar-refractivity contribution >= 4 is 0 Å². The van der Waals surface area contributed by atoms with E-state index >= 15 is 0 Å². The first-order chi connectivity index (χ1) is 13.6. The van der Waals surface area contributed by atoms with Gasteiger partial charge in [-0.15, -0.1) is 0 Å². The van der Waals surface area contributed by atoms with Crippen LogP contribution in [0.5, 0.6) is 0 Å². The zero-order valence-electron chi connectivity index (χ0n) is 17.3. The molecule has 3 aliphatic carbocycles. The average Bonchev–Trinajstić information content (AvgIpc) is 2.68. The number of halogens is 3. The highest BCUT2D eigenvalue weighted by atomic mass is 19.4. The Kier molecular flexibility index (Phi) is 5.10. The molecule has 2 atom stereocenters. The summed E-state index contributed by atoms with van der Waals surface area (Å²) in [6.45, 7) is 6.60. The Bertz CT molecular complexity index is 908. The minimum absolute atomic E-state index is 0.442. The molecule has 1 nitrogen and oxygen atoms in total. The van der Waals surface area contributed by atoms with Crippen LogP contribution in [0.15, 0.2) is 60.2 Å². The molecule has 0 heterocycles. The lowest BCUT2D eigenvalue weighted by Gasteiger charge is -2.57. The van der Waals surface area contributed by atoms with Crippen LogP contribution in [-0.2, 0) is 12.7 Å². The predicted octanol–water partition coefficient (Wildman–Crippen LogP) is 6.80. The van der Waals surface area contributed by atoms with Gasteiger partial charge >= 0.3 is 6.18 Å². The van der Waals surface area contributed by atoms with Gasteiger partial charge in [0, 0.05) is 13.1 Å². The highest BCUT2D eigenvalue weighted by molar-refractivity contribution is 5.64. The molecule has 29 heavy (non-hydrogen) atoms. The number of fused-ring (bicyclic) bond motifs is 1. The van der Waals surface area contributed by atoms with Crippen LogP contribution in [-0.4, -0.2) is 18.5 Å². The van der Waals surface area contributed by atoms with Gasteiger partial charge in [-0.25, -0.2) is 0 Å². The summed E-state index contributed by atoms with van der Waals surface area (Å²) in [5.74, 6) is 1.57. The molecular formula is C25H28F3N. The minimum Gasteiger partial charge on any atom is -0.298 e. The summed E-state index contributed by atoms with van der Waals surface area (Å²) >= 11 is 0. The van der Waals surface area contributed by atoms with Crippen LogP contribution in [0, 0.1) is 17.3 Å². The molecule has 0 amide bonds.